The van der Waals surface area contributed by atoms with Gasteiger partial charge in [-0.15, -0.1) is 21.5 Å². The Kier molecular flexibility index (Phi) is 9.03. The van der Waals surface area contributed by atoms with Gasteiger partial charge in [-0.1, -0.05) is 65.3 Å². The zero-order valence-electron chi connectivity index (χ0n) is 18.9. The number of hydrogen-bond acceptors (Lipinski definition) is 7. The van der Waals surface area contributed by atoms with Gasteiger partial charge in [0.05, 0.1) is 23.1 Å². The van der Waals surface area contributed by atoms with Gasteiger partial charge in [-0.05, 0) is 31.5 Å². The zero-order chi connectivity index (χ0) is 24.6. The number of carbonyl (C=O) groups is 1. The maximum absolute atomic E-state index is 12.5. The lowest BCUT2D eigenvalue weighted by Crippen LogP contribution is -2.14. The second-order valence-electron chi connectivity index (χ2n) is 7.41. The molecule has 0 unspecified atom stereocenters. The van der Waals surface area contributed by atoms with E-state index in [1.807, 2.05) is 47.2 Å². The monoisotopic (exact) mass is 547 g/mol. The standard InChI is InChI=1S/C24H23Cl2N5O2S2/c1-2-31-21(9-6-12-33-20-11-10-17(25)13-18(20)26)29-30-24(31)35-15-22(32)28-23-27-19(14-34-23)16-7-4-3-5-8-16/h3-5,7-8,10-11,13-14H,2,6,9,12,15H2,1H3,(H,27,28,32). The van der Waals surface area contributed by atoms with Gasteiger partial charge in [0.25, 0.3) is 0 Å². The molecule has 0 saturated carbocycles. The second-order valence-corrected chi connectivity index (χ2v) is 10.1. The lowest BCUT2D eigenvalue weighted by atomic mass is 10.2. The molecule has 1 N–H and O–H groups in total. The first kappa shape index (κ1) is 25.5. The maximum atomic E-state index is 12.5. The molecule has 4 rings (SSSR count). The average molecular weight is 549 g/mol. The molecule has 0 aliphatic heterocycles. The minimum absolute atomic E-state index is 0.135. The van der Waals surface area contributed by atoms with Crippen LogP contribution in [0.5, 0.6) is 5.75 Å². The van der Waals surface area contributed by atoms with Crippen LogP contribution in [-0.2, 0) is 17.8 Å². The molecule has 7 nitrogen and oxygen atoms in total. The normalized spacial score (nSPS) is 10.9. The van der Waals surface area contributed by atoms with Crippen molar-refractivity contribution in [1.82, 2.24) is 19.7 Å². The molecule has 1 amide bonds. The first-order valence-electron chi connectivity index (χ1n) is 11.0. The van der Waals surface area contributed by atoms with Gasteiger partial charge in [0.15, 0.2) is 10.3 Å². The van der Waals surface area contributed by atoms with Gasteiger partial charge >= 0.3 is 0 Å². The van der Waals surface area contributed by atoms with E-state index in [0.717, 1.165) is 23.5 Å². The minimum atomic E-state index is -0.135. The Bertz CT molecular complexity index is 1280. The first-order valence-corrected chi connectivity index (χ1v) is 13.6. The molecular weight excluding hydrogens is 525 g/mol. The highest BCUT2D eigenvalue weighted by Crippen LogP contribution is 2.28. The zero-order valence-corrected chi connectivity index (χ0v) is 22.1. The Morgan fingerprint density at radius 3 is 2.77 bits per heavy atom. The highest BCUT2D eigenvalue weighted by Gasteiger charge is 2.14. The molecule has 2 heterocycles. The number of ether oxygens (including phenoxy) is 1. The van der Waals surface area contributed by atoms with Crippen molar-refractivity contribution in [3.63, 3.8) is 0 Å². The van der Waals surface area contributed by atoms with Crippen LogP contribution in [0, 0.1) is 0 Å². The third-order valence-corrected chi connectivity index (χ3v) is 7.21. The smallest absolute Gasteiger partial charge is 0.236 e. The molecule has 0 atom stereocenters. The number of thioether (sulfide) groups is 1. The van der Waals surface area contributed by atoms with Crippen molar-refractivity contribution in [2.75, 3.05) is 17.7 Å². The van der Waals surface area contributed by atoms with E-state index < -0.39 is 0 Å². The number of nitrogens with zero attached hydrogens (tertiary/aromatic N) is 4. The Morgan fingerprint density at radius 2 is 2.00 bits per heavy atom. The number of aryl methyl sites for hydroxylation is 1. The molecule has 0 fully saturated rings. The van der Waals surface area contributed by atoms with Crippen LogP contribution < -0.4 is 10.1 Å². The van der Waals surface area contributed by atoms with E-state index in [0.29, 0.717) is 45.7 Å². The van der Waals surface area contributed by atoms with E-state index in [9.17, 15) is 4.79 Å². The summed E-state index contributed by atoms with van der Waals surface area (Å²) in [5, 5.41) is 15.7. The predicted molar refractivity (Wildman–Crippen MR) is 143 cm³/mol. The minimum Gasteiger partial charge on any atom is -0.492 e. The lowest BCUT2D eigenvalue weighted by molar-refractivity contribution is -0.113. The molecule has 182 valence electrons. The molecule has 11 heteroatoms. The van der Waals surface area contributed by atoms with E-state index in [2.05, 4.69) is 20.5 Å². The molecular formula is C24H23Cl2N5O2S2. The topological polar surface area (TPSA) is 81.9 Å². The summed E-state index contributed by atoms with van der Waals surface area (Å²) in [4.78, 5) is 17.0. The number of rotatable bonds is 11. The van der Waals surface area contributed by atoms with Crippen molar-refractivity contribution in [1.29, 1.82) is 0 Å². The van der Waals surface area contributed by atoms with Crippen molar-refractivity contribution in [3.8, 4) is 17.0 Å². The fourth-order valence-corrected chi connectivity index (χ4v) is 5.31. The summed E-state index contributed by atoms with van der Waals surface area (Å²) < 4.78 is 7.77. The van der Waals surface area contributed by atoms with Gasteiger partial charge in [-0.25, -0.2) is 4.98 Å². The van der Waals surface area contributed by atoms with Gasteiger partial charge in [-0.2, -0.15) is 0 Å². The molecule has 0 aliphatic rings. The number of hydrogen-bond donors (Lipinski definition) is 1. The molecule has 0 spiro atoms. The Labute approximate surface area is 221 Å². The second kappa shape index (κ2) is 12.4. The van der Waals surface area contributed by atoms with Gasteiger partial charge < -0.3 is 14.6 Å². The summed E-state index contributed by atoms with van der Waals surface area (Å²) in [7, 11) is 0. The molecule has 2 aromatic heterocycles. The number of anilines is 1. The van der Waals surface area contributed by atoms with Crippen LogP contribution in [0.4, 0.5) is 5.13 Å². The van der Waals surface area contributed by atoms with Crippen LogP contribution in [-0.4, -0.2) is 38.0 Å². The highest BCUT2D eigenvalue weighted by atomic mass is 35.5. The predicted octanol–water partition coefficient (Wildman–Crippen LogP) is 6.47. The van der Waals surface area contributed by atoms with Crippen LogP contribution in [0.3, 0.4) is 0 Å². The van der Waals surface area contributed by atoms with Crippen molar-refractivity contribution >= 4 is 57.3 Å². The quantitative estimate of drug-likeness (QED) is 0.171. The van der Waals surface area contributed by atoms with Crippen LogP contribution >= 0.6 is 46.3 Å². The molecule has 2 aromatic carbocycles. The van der Waals surface area contributed by atoms with Crippen molar-refractivity contribution in [2.24, 2.45) is 0 Å². The molecule has 0 bridgehead atoms. The highest BCUT2D eigenvalue weighted by molar-refractivity contribution is 7.99. The lowest BCUT2D eigenvalue weighted by Gasteiger charge is -2.09. The van der Waals surface area contributed by atoms with Crippen molar-refractivity contribution < 1.29 is 9.53 Å². The molecule has 4 aromatic rings. The number of thiazole rings is 1. The van der Waals surface area contributed by atoms with E-state index in [1.165, 1.54) is 23.1 Å². The molecule has 35 heavy (non-hydrogen) atoms. The van der Waals surface area contributed by atoms with Crippen LogP contribution in [0.2, 0.25) is 10.0 Å². The van der Waals surface area contributed by atoms with E-state index in [-0.39, 0.29) is 11.7 Å². The number of benzene rings is 2. The van der Waals surface area contributed by atoms with Gasteiger partial charge in [-0.3, -0.25) is 4.79 Å². The summed E-state index contributed by atoms with van der Waals surface area (Å²) in [6.45, 7) is 3.23. The molecule has 0 aliphatic carbocycles. The van der Waals surface area contributed by atoms with Gasteiger partial charge in [0.2, 0.25) is 5.91 Å². The summed E-state index contributed by atoms with van der Waals surface area (Å²) in [6, 6.07) is 15.0. The Balaban J connectivity index is 1.25. The summed E-state index contributed by atoms with van der Waals surface area (Å²) >= 11 is 14.8. The summed E-state index contributed by atoms with van der Waals surface area (Å²) in [6.07, 6.45) is 1.44. The third-order valence-electron chi connectivity index (χ3n) is 4.96. The van der Waals surface area contributed by atoms with Gasteiger partial charge in [0.1, 0.15) is 11.6 Å². The van der Waals surface area contributed by atoms with E-state index in [1.54, 1.807) is 18.2 Å². The van der Waals surface area contributed by atoms with Crippen molar-refractivity contribution in [2.45, 2.75) is 31.5 Å². The average Bonchev–Trinajstić information content (AvgIpc) is 3.48. The SMILES string of the molecule is CCn1c(CCCOc2ccc(Cl)cc2Cl)nnc1SCC(=O)Nc1nc(-c2ccccc2)cs1. The summed E-state index contributed by atoms with van der Waals surface area (Å²) in [5.41, 5.74) is 1.86. The Morgan fingerprint density at radius 1 is 1.17 bits per heavy atom. The Hall–Kier alpha value is -2.59. The van der Waals surface area contributed by atoms with E-state index >= 15 is 0 Å². The first-order chi connectivity index (χ1) is 17.0. The summed E-state index contributed by atoms with van der Waals surface area (Å²) in [5.74, 6) is 1.54. The van der Waals surface area contributed by atoms with Crippen LogP contribution in [0.15, 0.2) is 59.1 Å². The third kappa shape index (κ3) is 6.98. The van der Waals surface area contributed by atoms with E-state index in [4.69, 9.17) is 27.9 Å². The molecule has 0 radical (unpaired) electrons. The fraction of sp³-hybridized carbons (Fsp3) is 0.250. The number of aromatic nitrogens is 4. The van der Waals surface area contributed by atoms with Crippen LogP contribution in [0.25, 0.3) is 11.3 Å². The number of nitrogens with one attached hydrogen (secondary N) is 1. The van der Waals surface area contributed by atoms with Gasteiger partial charge in [0, 0.05) is 28.9 Å². The number of halogens is 2. The molecule has 0 saturated heterocycles. The largest absolute Gasteiger partial charge is 0.492 e. The number of amides is 1. The maximum Gasteiger partial charge on any atom is 0.236 e. The number of carbonyl (C=O) groups excluding carboxylic acids is 1. The van der Waals surface area contributed by atoms with Crippen molar-refractivity contribution in [3.05, 3.63) is 69.8 Å². The van der Waals surface area contributed by atoms with Crippen LogP contribution in [0.1, 0.15) is 19.2 Å². The fourth-order valence-electron chi connectivity index (χ4n) is 3.29.